The van der Waals surface area contributed by atoms with Crippen molar-refractivity contribution in [2.24, 2.45) is 0 Å². The van der Waals surface area contributed by atoms with Gasteiger partial charge < -0.3 is 0 Å². The van der Waals surface area contributed by atoms with Gasteiger partial charge in [0, 0.05) is 0 Å². The van der Waals surface area contributed by atoms with Crippen molar-refractivity contribution in [1.82, 2.24) is 0 Å². The van der Waals surface area contributed by atoms with Gasteiger partial charge in [-0.05, 0) is 0 Å². The van der Waals surface area contributed by atoms with Crippen LogP contribution in [0.25, 0.3) is 0 Å². The lowest BCUT2D eigenvalue weighted by molar-refractivity contribution is -0.575. The van der Waals surface area contributed by atoms with E-state index in [1.165, 1.54) is 0 Å². The highest BCUT2D eigenvalue weighted by atomic mass is 19.4. The van der Waals surface area contributed by atoms with E-state index in [1.807, 2.05) is 0 Å². The van der Waals surface area contributed by atoms with Crippen LogP contribution in [0.4, 0.5) is 132 Å². The maximum atomic E-state index is 15.8. The molecule has 0 aromatic carbocycles. The summed E-state index contributed by atoms with van der Waals surface area (Å²) >= 11 is 0. The average molecular weight is 762 g/mol. The van der Waals surface area contributed by atoms with Crippen LogP contribution in [0.1, 0.15) is 0 Å². The first-order valence-corrected chi connectivity index (χ1v) is 9.92. The van der Waals surface area contributed by atoms with E-state index in [0.717, 1.165) is 0 Å². The highest BCUT2D eigenvalue weighted by molar-refractivity contribution is 5.51. The lowest BCUT2D eigenvalue weighted by Gasteiger charge is -2.69. The summed E-state index contributed by atoms with van der Waals surface area (Å²) in [5.74, 6) is -60.5. The molecule has 0 aromatic rings. The number of hydrogen-bond acceptors (Lipinski definition) is 0. The smallest absolute Gasteiger partial charge is 0.229 e. The van der Waals surface area contributed by atoms with Gasteiger partial charge in [0.2, 0.25) is 0 Å². The quantitative estimate of drug-likeness (QED) is 0.246. The van der Waals surface area contributed by atoms with Crippen molar-refractivity contribution in [3.63, 3.8) is 0 Å². The van der Waals surface area contributed by atoms with E-state index < -0.39 is 94.3 Å². The molecule has 2 saturated carbocycles. The molecule has 0 saturated heterocycles. The molecule has 0 amide bonds. The monoisotopic (exact) mass is 762 g/mol. The zero-order valence-corrected chi connectivity index (χ0v) is 19.3. The van der Waals surface area contributed by atoms with E-state index in [9.17, 15) is 114 Å². The molecule has 0 heterocycles. The molecule has 0 aromatic heterocycles. The van der Waals surface area contributed by atoms with Crippen molar-refractivity contribution < 1.29 is 132 Å². The van der Waals surface area contributed by atoms with Crippen LogP contribution in [0.2, 0.25) is 0 Å². The molecular weight excluding hydrogens is 762 g/mol. The third-order valence-corrected chi connectivity index (χ3v) is 7.24. The first-order valence-electron chi connectivity index (χ1n) is 9.92. The van der Waals surface area contributed by atoms with E-state index in [2.05, 4.69) is 0 Å². The number of halogens is 30. The second-order valence-electron chi connectivity index (χ2n) is 9.39. The molecule has 30 heteroatoms. The summed E-state index contributed by atoms with van der Waals surface area (Å²) in [6.07, 6.45) is -38.0. The Morgan fingerprint density at radius 3 is 0.500 bits per heavy atom. The van der Waals surface area contributed by atoms with Gasteiger partial charge in [0.25, 0.3) is 22.7 Å². The summed E-state index contributed by atoms with van der Waals surface area (Å²) in [5, 5.41) is 0. The lowest BCUT2D eigenvalue weighted by Crippen LogP contribution is -3.05. The lowest BCUT2D eigenvalue weighted by atomic mass is 9.43. The first-order chi connectivity index (χ1) is 19.2. The van der Waals surface area contributed by atoms with Gasteiger partial charge in [0.05, 0.1) is 0 Å². The Hall–Kier alpha value is -2.10. The molecule has 0 radical (unpaired) electrons. The molecular formula is C16F30. The van der Waals surface area contributed by atoms with Crippen molar-refractivity contribution in [1.29, 1.82) is 0 Å². The minimum absolute atomic E-state index is 9.50. The van der Waals surface area contributed by atoms with Gasteiger partial charge >= 0.3 is 71.6 Å². The van der Waals surface area contributed by atoms with Crippen molar-refractivity contribution in [3.8, 4) is 0 Å². The van der Waals surface area contributed by atoms with E-state index in [-0.39, 0.29) is 0 Å². The Morgan fingerprint density at radius 2 is 0.370 bits per heavy atom. The highest BCUT2D eigenvalue weighted by Gasteiger charge is 3.20. The molecule has 2 aliphatic rings. The largest absolute Gasteiger partial charge is 0.435 e. The van der Waals surface area contributed by atoms with Gasteiger partial charge in [-0.15, -0.1) is 0 Å². The third-order valence-electron chi connectivity index (χ3n) is 7.24. The molecule has 2 rings (SSSR count). The van der Waals surface area contributed by atoms with E-state index in [1.54, 1.807) is 0 Å². The highest BCUT2D eigenvalue weighted by Crippen LogP contribution is 2.86. The van der Waals surface area contributed by atoms with Gasteiger partial charge in [-0.3, -0.25) is 0 Å². The summed E-state index contributed by atoms with van der Waals surface area (Å²) in [4.78, 5) is 0. The normalized spacial score (nSPS) is 37.4. The Bertz CT molecular complexity index is 1120. The molecule has 0 spiro atoms. The Balaban J connectivity index is 3.84. The van der Waals surface area contributed by atoms with Gasteiger partial charge in [-0.25, -0.2) is 26.3 Å². The Labute approximate surface area is 227 Å². The second kappa shape index (κ2) is 8.54. The van der Waals surface area contributed by atoms with Crippen LogP contribution in [0, 0.1) is 0 Å². The van der Waals surface area contributed by atoms with Crippen LogP contribution >= 0.6 is 0 Å². The summed E-state index contributed by atoms with van der Waals surface area (Å²) in [6.45, 7) is 0. The number of alkyl halides is 30. The molecule has 4 atom stereocenters. The van der Waals surface area contributed by atoms with Gasteiger partial charge in [-0.2, -0.15) is 105 Å². The van der Waals surface area contributed by atoms with Crippen molar-refractivity contribution in [3.05, 3.63) is 0 Å². The van der Waals surface area contributed by atoms with Crippen LogP contribution in [-0.4, -0.2) is 94.3 Å². The molecule has 274 valence electrons. The van der Waals surface area contributed by atoms with Crippen LogP contribution in [0.5, 0.6) is 0 Å². The maximum Gasteiger partial charge on any atom is 0.435 e. The minimum atomic E-state index is -10.9. The van der Waals surface area contributed by atoms with E-state index in [0.29, 0.717) is 0 Å². The topological polar surface area (TPSA) is 0 Å². The van der Waals surface area contributed by atoms with Crippen LogP contribution < -0.4 is 0 Å². The predicted molar refractivity (Wildman–Crippen MR) is 76.9 cm³/mol. The minimum Gasteiger partial charge on any atom is -0.229 e. The second-order valence-corrected chi connectivity index (χ2v) is 9.39. The molecule has 0 N–H and O–H groups in total. The van der Waals surface area contributed by atoms with Crippen LogP contribution in [-0.2, 0) is 0 Å². The summed E-state index contributed by atoms with van der Waals surface area (Å²) in [5.41, 5.74) is -64.0. The zero-order valence-electron chi connectivity index (χ0n) is 19.3. The zero-order chi connectivity index (χ0) is 38.0. The fourth-order valence-electron chi connectivity index (χ4n) is 5.04. The van der Waals surface area contributed by atoms with Crippen molar-refractivity contribution in [2.45, 2.75) is 94.3 Å². The first kappa shape index (κ1) is 40.1. The van der Waals surface area contributed by atoms with Crippen LogP contribution in [0.3, 0.4) is 0 Å². The van der Waals surface area contributed by atoms with Crippen molar-refractivity contribution in [2.75, 3.05) is 0 Å². The van der Waals surface area contributed by atoms with Gasteiger partial charge in [0.15, 0.2) is 0 Å². The summed E-state index contributed by atoms with van der Waals surface area (Å²) < 4.78 is 423. The third kappa shape index (κ3) is 3.08. The Morgan fingerprint density at radius 1 is 0.217 bits per heavy atom. The maximum absolute atomic E-state index is 15.8. The molecule has 2 fully saturated rings. The number of hydrogen-bond donors (Lipinski definition) is 0. The SMILES string of the molecule is FC(F)(F)C(F)(C(F)(F)F)C1(F)C(F)(F)C(F)(F)C(F)(F)C2(F)C(F)(C(F)(C(F)(F)F)C(F)(F)F)C(F)(F)C(F)(F)C(F)(F)C12F. The summed E-state index contributed by atoms with van der Waals surface area (Å²) in [6, 6.07) is 0. The van der Waals surface area contributed by atoms with E-state index >= 15 is 17.6 Å². The van der Waals surface area contributed by atoms with E-state index in [4.69, 9.17) is 0 Å². The van der Waals surface area contributed by atoms with Gasteiger partial charge in [0.1, 0.15) is 0 Å². The van der Waals surface area contributed by atoms with Crippen molar-refractivity contribution >= 4 is 0 Å². The fraction of sp³-hybridized carbons (Fsp3) is 1.00. The molecule has 4 unspecified atom stereocenters. The fourth-order valence-corrected chi connectivity index (χ4v) is 5.04. The summed E-state index contributed by atoms with van der Waals surface area (Å²) in [7, 11) is 0. The van der Waals surface area contributed by atoms with Crippen LogP contribution in [0.15, 0.2) is 0 Å². The van der Waals surface area contributed by atoms with Gasteiger partial charge in [-0.1, -0.05) is 0 Å². The average Bonchev–Trinajstić information content (AvgIpc) is 2.80. The molecule has 0 bridgehead atoms. The molecule has 46 heavy (non-hydrogen) atoms. The molecule has 0 nitrogen and oxygen atoms in total. The standard InChI is InChI=1S/C16F30/c17-1-2(18,4(20,6(22,15(41,42)43)16(44,45)46)10(29,30)11(31,32)7(1,23)24)8(25,26)12(33,34)9(27,28)3(1,19)5(21,13(35,36)37)14(38,39)40. The molecule has 2 aliphatic carbocycles. The molecule has 0 aliphatic heterocycles. The Kier molecular flexibility index (Phi) is 7.44. The predicted octanol–water partition coefficient (Wildman–Crippen LogP) is 9.32. The number of fused-ring (bicyclic) bond motifs is 1. The number of rotatable bonds is 2.